The third-order valence-electron chi connectivity index (χ3n) is 4.19. The summed E-state index contributed by atoms with van der Waals surface area (Å²) < 4.78 is 2.27. The maximum atomic E-state index is 4.47. The molecule has 3 aliphatic rings. The fraction of sp³-hybridized carbons (Fsp3) is 0.750. The van der Waals surface area contributed by atoms with Gasteiger partial charge in [0.05, 0.1) is 6.04 Å². The summed E-state index contributed by atoms with van der Waals surface area (Å²) in [6, 6.07) is 2.85. The molecule has 0 spiro atoms. The molecule has 1 aromatic heterocycles. The molecule has 14 heavy (non-hydrogen) atoms. The van der Waals surface area contributed by atoms with Gasteiger partial charge in [0.1, 0.15) is 0 Å². The van der Waals surface area contributed by atoms with Gasteiger partial charge in [0.25, 0.3) is 0 Å². The number of fused-ring (bicyclic) bond motifs is 3. The maximum Gasteiger partial charge on any atom is 0.0553 e. The summed E-state index contributed by atoms with van der Waals surface area (Å²) in [7, 11) is 0. The van der Waals surface area contributed by atoms with Crippen LogP contribution in [0.5, 0.6) is 0 Å². The van der Waals surface area contributed by atoms with Crippen molar-refractivity contribution in [3.8, 4) is 0 Å². The minimum Gasteiger partial charge on any atom is -0.267 e. The Balaban J connectivity index is 1.89. The second-order valence-electron chi connectivity index (χ2n) is 5.00. The van der Waals surface area contributed by atoms with Crippen molar-refractivity contribution in [1.82, 2.24) is 9.78 Å². The summed E-state index contributed by atoms with van der Waals surface area (Å²) in [5, 5.41) is 4.47. The van der Waals surface area contributed by atoms with Crippen molar-refractivity contribution in [3.63, 3.8) is 0 Å². The van der Waals surface area contributed by atoms with E-state index in [1.54, 1.807) is 0 Å². The summed E-state index contributed by atoms with van der Waals surface area (Å²) in [5.41, 5.74) is 1.34. The highest BCUT2D eigenvalue weighted by atomic mass is 15.3. The molecule has 3 aliphatic carbocycles. The monoisotopic (exact) mass is 190 g/mol. The fourth-order valence-electron chi connectivity index (χ4n) is 3.37. The van der Waals surface area contributed by atoms with Gasteiger partial charge in [0, 0.05) is 11.9 Å². The van der Waals surface area contributed by atoms with Crippen LogP contribution in [0.15, 0.2) is 12.3 Å². The van der Waals surface area contributed by atoms with Gasteiger partial charge in [-0.1, -0.05) is 12.8 Å². The standard InChI is InChI=1S/C12H18N2/c1-9-6-7-13-14(9)12-8-10-2-4-11(12)5-3-10/h6-7,10-12H,2-5,8H2,1H3/t10?,11?,12-/m0/s1. The van der Waals surface area contributed by atoms with Crippen LogP contribution in [0.3, 0.4) is 0 Å². The van der Waals surface area contributed by atoms with Crippen molar-refractivity contribution in [2.45, 2.75) is 45.1 Å². The van der Waals surface area contributed by atoms with Crippen LogP contribution in [0, 0.1) is 18.8 Å². The summed E-state index contributed by atoms with van der Waals surface area (Å²) >= 11 is 0. The molecule has 0 saturated heterocycles. The predicted octanol–water partition coefficient (Wildman–Crippen LogP) is 2.94. The molecule has 3 fully saturated rings. The molecule has 3 saturated carbocycles. The Labute approximate surface area is 85.3 Å². The quantitative estimate of drug-likeness (QED) is 0.665. The molecule has 4 rings (SSSR count). The lowest BCUT2D eigenvalue weighted by Gasteiger charge is -2.42. The normalized spacial score (nSPS) is 36.2. The highest BCUT2D eigenvalue weighted by Gasteiger charge is 2.37. The van der Waals surface area contributed by atoms with E-state index < -0.39 is 0 Å². The average Bonchev–Trinajstić information content (AvgIpc) is 2.66. The first-order valence-electron chi connectivity index (χ1n) is 5.84. The second kappa shape index (κ2) is 3.11. The van der Waals surface area contributed by atoms with E-state index in [2.05, 4.69) is 22.8 Å². The lowest BCUT2D eigenvalue weighted by atomic mass is 9.68. The molecule has 1 heterocycles. The molecule has 0 unspecified atom stereocenters. The topological polar surface area (TPSA) is 17.8 Å². The van der Waals surface area contributed by atoms with Gasteiger partial charge in [-0.25, -0.2) is 0 Å². The molecule has 2 bridgehead atoms. The molecule has 0 amide bonds. The summed E-state index contributed by atoms with van der Waals surface area (Å²) in [5.74, 6) is 1.91. The van der Waals surface area contributed by atoms with Gasteiger partial charge >= 0.3 is 0 Å². The molecule has 0 radical (unpaired) electrons. The first-order valence-corrected chi connectivity index (χ1v) is 5.84. The van der Waals surface area contributed by atoms with E-state index in [0.717, 1.165) is 17.9 Å². The number of nitrogens with zero attached hydrogens (tertiary/aromatic N) is 2. The molecule has 76 valence electrons. The smallest absolute Gasteiger partial charge is 0.0553 e. The molecule has 0 aliphatic heterocycles. The van der Waals surface area contributed by atoms with E-state index in [4.69, 9.17) is 0 Å². The minimum atomic E-state index is 0.720. The molecular formula is C12H18N2. The van der Waals surface area contributed by atoms with E-state index in [-0.39, 0.29) is 0 Å². The van der Waals surface area contributed by atoms with E-state index >= 15 is 0 Å². The molecule has 2 heteroatoms. The predicted molar refractivity (Wildman–Crippen MR) is 56.1 cm³/mol. The first-order chi connectivity index (χ1) is 6.84. The Morgan fingerprint density at radius 2 is 2.07 bits per heavy atom. The van der Waals surface area contributed by atoms with E-state index in [9.17, 15) is 0 Å². The Morgan fingerprint density at radius 1 is 1.29 bits per heavy atom. The number of rotatable bonds is 1. The lowest BCUT2D eigenvalue weighted by molar-refractivity contribution is 0.0958. The molecule has 1 aromatic rings. The van der Waals surface area contributed by atoms with E-state index in [1.807, 2.05) is 6.20 Å². The Hall–Kier alpha value is -0.790. The summed E-state index contributed by atoms with van der Waals surface area (Å²) in [6.07, 6.45) is 9.15. The summed E-state index contributed by atoms with van der Waals surface area (Å²) in [6.45, 7) is 2.18. The molecule has 0 N–H and O–H groups in total. The highest BCUT2D eigenvalue weighted by Crippen LogP contribution is 2.47. The number of aryl methyl sites for hydroxylation is 1. The van der Waals surface area contributed by atoms with Crippen molar-refractivity contribution < 1.29 is 0 Å². The van der Waals surface area contributed by atoms with Gasteiger partial charge in [0.15, 0.2) is 0 Å². The van der Waals surface area contributed by atoms with Gasteiger partial charge in [0.2, 0.25) is 0 Å². The molecule has 2 nitrogen and oxygen atoms in total. The largest absolute Gasteiger partial charge is 0.267 e. The molecule has 1 atom stereocenters. The minimum absolute atomic E-state index is 0.720. The van der Waals surface area contributed by atoms with Crippen LogP contribution in [0.1, 0.15) is 43.8 Å². The van der Waals surface area contributed by atoms with Crippen molar-refractivity contribution in [3.05, 3.63) is 18.0 Å². The number of aromatic nitrogens is 2. The summed E-state index contributed by atoms with van der Waals surface area (Å²) in [4.78, 5) is 0. The van der Waals surface area contributed by atoms with Gasteiger partial charge in [-0.05, 0) is 44.1 Å². The zero-order chi connectivity index (χ0) is 9.54. The number of hydrogen-bond donors (Lipinski definition) is 0. The van der Waals surface area contributed by atoms with Crippen LogP contribution >= 0.6 is 0 Å². The van der Waals surface area contributed by atoms with Crippen molar-refractivity contribution in [2.75, 3.05) is 0 Å². The Kier molecular flexibility index (Phi) is 1.89. The van der Waals surface area contributed by atoms with Crippen LogP contribution in [0.4, 0.5) is 0 Å². The van der Waals surface area contributed by atoms with Crippen LogP contribution < -0.4 is 0 Å². The maximum absolute atomic E-state index is 4.47. The Bertz CT molecular complexity index is 321. The van der Waals surface area contributed by atoms with Crippen LogP contribution in [-0.2, 0) is 0 Å². The zero-order valence-electron chi connectivity index (χ0n) is 8.82. The van der Waals surface area contributed by atoms with Crippen LogP contribution in [-0.4, -0.2) is 9.78 Å². The third kappa shape index (κ3) is 1.20. The molecular weight excluding hydrogens is 172 g/mol. The van der Waals surface area contributed by atoms with Gasteiger partial charge < -0.3 is 0 Å². The van der Waals surface area contributed by atoms with E-state index in [0.29, 0.717) is 0 Å². The van der Waals surface area contributed by atoms with Crippen LogP contribution in [0.25, 0.3) is 0 Å². The van der Waals surface area contributed by atoms with Crippen molar-refractivity contribution in [2.24, 2.45) is 11.8 Å². The number of hydrogen-bond acceptors (Lipinski definition) is 1. The lowest BCUT2D eigenvalue weighted by Crippen LogP contribution is -2.33. The Morgan fingerprint density at radius 3 is 2.57 bits per heavy atom. The second-order valence-corrected chi connectivity index (χ2v) is 5.00. The van der Waals surface area contributed by atoms with Gasteiger partial charge in [-0.15, -0.1) is 0 Å². The first kappa shape index (κ1) is 8.51. The average molecular weight is 190 g/mol. The van der Waals surface area contributed by atoms with Gasteiger partial charge in [-0.2, -0.15) is 5.10 Å². The van der Waals surface area contributed by atoms with E-state index in [1.165, 1.54) is 37.8 Å². The highest BCUT2D eigenvalue weighted by molar-refractivity contribution is 5.01. The van der Waals surface area contributed by atoms with Crippen molar-refractivity contribution >= 4 is 0 Å². The van der Waals surface area contributed by atoms with Crippen molar-refractivity contribution in [1.29, 1.82) is 0 Å². The van der Waals surface area contributed by atoms with Gasteiger partial charge in [-0.3, -0.25) is 4.68 Å². The SMILES string of the molecule is Cc1ccnn1[C@H]1CC2CCC1CC2. The zero-order valence-corrected chi connectivity index (χ0v) is 8.82. The third-order valence-corrected chi connectivity index (χ3v) is 4.19. The fourth-order valence-corrected chi connectivity index (χ4v) is 3.37. The van der Waals surface area contributed by atoms with Crippen LogP contribution in [0.2, 0.25) is 0 Å². The molecule has 0 aromatic carbocycles.